The van der Waals surface area contributed by atoms with E-state index in [2.05, 4.69) is 15.9 Å². The van der Waals surface area contributed by atoms with Crippen molar-refractivity contribution < 1.29 is 8.78 Å². The van der Waals surface area contributed by atoms with Crippen LogP contribution in [-0.2, 0) is 6.42 Å². The largest absolute Gasteiger partial charge is 0.207 e. The number of alkyl halides is 1. The molecule has 2 aromatic rings. The van der Waals surface area contributed by atoms with Gasteiger partial charge in [-0.05, 0) is 29.7 Å². The molecule has 2 aromatic carbocycles. The second-order valence-corrected chi connectivity index (χ2v) is 4.97. The first-order chi connectivity index (χ1) is 8.15. The molecule has 0 nitrogen and oxygen atoms in total. The molecular weight excluding hydrogens is 286 g/mol. The molecule has 0 radical (unpaired) electrons. The minimum Gasteiger partial charge on any atom is -0.207 e. The molecule has 1 unspecified atom stereocenters. The number of hydrogen-bond donors (Lipinski definition) is 0. The van der Waals surface area contributed by atoms with E-state index in [1.54, 1.807) is 0 Å². The first-order valence-corrected chi connectivity index (χ1v) is 6.21. The van der Waals surface area contributed by atoms with Crippen molar-refractivity contribution in [3.8, 4) is 0 Å². The summed E-state index contributed by atoms with van der Waals surface area (Å²) in [6.45, 7) is 0. The van der Waals surface area contributed by atoms with Crippen molar-refractivity contribution in [3.05, 3.63) is 71.3 Å². The van der Waals surface area contributed by atoms with Crippen molar-refractivity contribution in [1.82, 2.24) is 0 Å². The Labute approximate surface area is 107 Å². The molecule has 0 aliphatic carbocycles. The molecule has 0 saturated heterocycles. The van der Waals surface area contributed by atoms with Gasteiger partial charge in [0.1, 0.15) is 11.6 Å². The maximum absolute atomic E-state index is 13.1. The van der Waals surface area contributed by atoms with Crippen molar-refractivity contribution in [1.29, 1.82) is 0 Å². The van der Waals surface area contributed by atoms with Gasteiger partial charge in [0.15, 0.2) is 0 Å². The summed E-state index contributed by atoms with van der Waals surface area (Å²) < 4.78 is 26.1. The lowest BCUT2D eigenvalue weighted by molar-refractivity contribution is 0.579. The summed E-state index contributed by atoms with van der Waals surface area (Å²) >= 11 is 3.46. The molecule has 0 bridgehead atoms. The van der Waals surface area contributed by atoms with E-state index in [0.29, 0.717) is 12.0 Å². The predicted molar refractivity (Wildman–Crippen MR) is 68.2 cm³/mol. The van der Waals surface area contributed by atoms with Gasteiger partial charge < -0.3 is 0 Å². The highest BCUT2D eigenvalue weighted by molar-refractivity contribution is 9.09. The van der Waals surface area contributed by atoms with Crippen LogP contribution in [0.1, 0.15) is 16.0 Å². The maximum Gasteiger partial charge on any atom is 0.126 e. The van der Waals surface area contributed by atoms with Gasteiger partial charge >= 0.3 is 0 Å². The van der Waals surface area contributed by atoms with Gasteiger partial charge in [0.25, 0.3) is 0 Å². The fraction of sp³-hybridized carbons (Fsp3) is 0.143. The van der Waals surface area contributed by atoms with E-state index in [1.807, 2.05) is 30.3 Å². The summed E-state index contributed by atoms with van der Waals surface area (Å²) in [5, 5.41) is 0. The van der Waals surface area contributed by atoms with E-state index in [4.69, 9.17) is 0 Å². The first kappa shape index (κ1) is 12.2. The van der Waals surface area contributed by atoms with Gasteiger partial charge in [-0.15, -0.1) is 0 Å². The molecule has 0 aliphatic heterocycles. The van der Waals surface area contributed by atoms with Crippen LogP contribution in [0.25, 0.3) is 0 Å². The topological polar surface area (TPSA) is 0 Å². The Hall–Kier alpha value is -1.22. The Morgan fingerprint density at radius 1 is 0.941 bits per heavy atom. The highest BCUT2D eigenvalue weighted by Crippen LogP contribution is 2.28. The molecule has 2 rings (SSSR count). The fourth-order valence-corrected chi connectivity index (χ4v) is 2.33. The second kappa shape index (κ2) is 5.41. The Balaban J connectivity index is 2.17. The quantitative estimate of drug-likeness (QED) is 0.724. The normalized spacial score (nSPS) is 12.4. The average molecular weight is 297 g/mol. The summed E-state index contributed by atoms with van der Waals surface area (Å²) in [5.41, 5.74) is 1.74. The van der Waals surface area contributed by atoms with Crippen molar-refractivity contribution in [2.24, 2.45) is 0 Å². The second-order valence-electron chi connectivity index (χ2n) is 3.86. The van der Waals surface area contributed by atoms with Crippen LogP contribution in [0.5, 0.6) is 0 Å². The third-order valence-corrected chi connectivity index (χ3v) is 3.36. The summed E-state index contributed by atoms with van der Waals surface area (Å²) in [6.07, 6.45) is 0.698. The van der Waals surface area contributed by atoms with Crippen LogP contribution < -0.4 is 0 Å². The van der Waals surface area contributed by atoms with Crippen LogP contribution in [0.15, 0.2) is 48.5 Å². The zero-order valence-corrected chi connectivity index (χ0v) is 10.6. The molecule has 0 saturated carbocycles. The molecule has 1 atom stereocenters. The van der Waals surface area contributed by atoms with Gasteiger partial charge in [-0.2, -0.15) is 0 Å². The minimum absolute atomic E-state index is 0.0879. The number of halogens is 3. The summed E-state index contributed by atoms with van der Waals surface area (Å²) in [4.78, 5) is -0.0879. The molecule has 0 heterocycles. The van der Waals surface area contributed by atoms with Gasteiger partial charge in [0.2, 0.25) is 0 Å². The molecule has 0 fully saturated rings. The van der Waals surface area contributed by atoms with E-state index < -0.39 is 11.6 Å². The summed E-state index contributed by atoms with van der Waals surface area (Å²) in [7, 11) is 0. The third-order valence-electron chi connectivity index (χ3n) is 2.50. The van der Waals surface area contributed by atoms with Gasteiger partial charge in [-0.1, -0.05) is 46.3 Å². The Kier molecular flexibility index (Phi) is 3.89. The van der Waals surface area contributed by atoms with Crippen LogP contribution in [0, 0.1) is 11.6 Å². The molecule has 0 aliphatic rings. The highest BCUT2D eigenvalue weighted by Gasteiger charge is 2.11. The fourth-order valence-electron chi connectivity index (χ4n) is 1.69. The van der Waals surface area contributed by atoms with Crippen molar-refractivity contribution in [2.75, 3.05) is 0 Å². The third kappa shape index (κ3) is 3.37. The van der Waals surface area contributed by atoms with Crippen LogP contribution in [0.3, 0.4) is 0 Å². The van der Waals surface area contributed by atoms with Crippen molar-refractivity contribution in [2.45, 2.75) is 11.2 Å². The lowest BCUT2D eigenvalue weighted by atomic mass is 10.0. The van der Waals surface area contributed by atoms with Crippen molar-refractivity contribution >= 4 is 15.9 Å². The molecule has 3 heteroatoms. The monoisotopic (exact) mass is 296 g/mol. The van der Waals surface area contributed by atoms with Crippen LogP contribution in [0.4, 0.5) is 8.78 Å². The molecular formula is C14H11BrF2. The smallest absolute Gasteiger partial charge is 0.126 e. The van der Waals surface area contributed by atoms with E-state index >= 15 is 0 Å². The SMILES string of the molecule is Fc1cc(F)cc(C(Br)Cc2ccccc2)c1. The minimum atomic E-state index is -0.544. The summed E-state index contributed by atoms with van der Waals surface area (Å²) in [6, 6.07) is 13.4. The van der Waals surface area contributed by atoms with E-state index in [0.717, 1.165) is 11.6 Å². The molecule has 0 spiro atoms. The van der Waals surface area contributed by atoms with E-state index in [9.17, 15) is 8.78 Å². The van der Waals surface area contributed by atoms with Crippen molar-refractivity contribution in [3.63, 3.8) is 0 Å². The molecule has 0 N–H and O–H groups in total. The zero-order chi connectivity index (χ0) is 12.3. The zero-order valence-electron chi connectivity index (χ0n) is 9.04. The number of rotatable bonds is 3. The van der Waals surface area contributed by atoms with Gasteiger partial charge in [0, 0.05) is 10.9 Å². The van der Waals surface area contributed by atoms with E-state index in [-0.39, 0.29) is 4.83 Å². The molecule has 0 amide bonds. The number of hydrogen-bond acceptors (Lipinski definition) is 0. The highest BCUT2D eigenvalue weighted by atomic mass is 79.9. The standard InChI is InChI=1S/C14H11BrF2/c15-14(6-10-4-2-1-3-5-10)11-7-12(16)9-13(17)8-11/h1-5,7-9,14H,6H2. The van der Waals surface area contributed by atoms with E-state index in [1.165, 1.54) is 12.1 Å². The van der Waals surface area contributed by atoms with Gasteiger partial charge in [-0.25, -0.2) is 8.78 Å². The Morgan fingerprint density at radius 3 is 2.12 bits per heavy atom. The average Bonchev–Trinajstić information content (AvgIpc) is 2.29. The molecule has 88 valence electrons. The van der Waals surface area contributed by atoms with Crippen LogP contribution >= 0.6 is 15.9 Å². The lowest BCUT2D eigenvalue weighted by Crippen LogP contribution is -1.97. The molecule has 0 aromatic heterocycles. The Bertz CT molecular complexity index is 477. The lowest BCUT2D eigenvalue weighted by Gasteiger charge is -2.10. The summed E-state index contributed by atoms with van der Waals surface area (Å²) in [5.74, 6) is -1.09. The number of benzene rings is 2. The van der Waals surface area contributed by atoms with Crippen LogP contribution in [0.2, 0.25) is 0 Å². The van der Waals surface area contributed by atoms with Gasteiger partial charge in [0.05, 0.1) is 0 Å². The predicted octanol–water partition coefficient (Wildman–Crippen LogP) is 4.64. The first-order valence-electron chi connectivity index (χ1n) is 5.29. The maximum atomic E-state index is 13.1. The molecule has 17 heavy (non-hydrogen) atoms. The van der Waals surface area contributed by atoms with Crippen LogP contribution in [-0.4, -0.2) is 0 Å². The van der Waals surface area contributed by atoms with Gasteiger partial charge in [-0.3, -0.25) is 0 Å². The Morgan fingerprint density at radius 2 is 1.53 bits per heavy atom.